The van der Waals surface area contributed by atoms with E-state index in [2.05, 4.69) is 0 Å². The quantitative estimate of drug-likeness (QED) is 0.591. The van der Waals surface area contributed by atoms with Gasteiger partial charge in [0.2, 0.25) is 0 Å². The third-order valence-corrected chi connectivity index (χ3v) is 2.60. The minimum absolute atomic E-state index is 0.0764. The molecule has 2 rings (SSSR count). The zero-order valence-electron chi connectivity index (χ0n) is 6.83. The van der Waals surface area contributed by atoms with Gasteiger partial charge in [0, 0.05) is 12.0 Å². The molecule has 0 saturated heterocycles. The average Bonchev–Trinajstić information content (AvgIpc) is 2.19. The zero-order valence-corrected chi connectivity index (χ0v) is 7.58. The first-order valence-corrected chi connectivity index (χ1v) is 4.27. The largest absolute Gasteiger partial charge is 0.337 e. The Kier molecular flexibility index (Phi) is 1.83. The van der Waals surface area contributed by atoms with Crippen molar-refractivity contribution in [1.29, 1.82) is 0 Å². The number of alkyl halides is 4. The van der Waals surface area contributed by atoms with Crippen molar-refractivity contribution in [3.63, 3.8) is 0 Å². The number of hydrogen-bond donors (Lipinski definition) is 0. The van der Waals surface area contributed by atoms with Gasteiger partial charge in [-0.15, -0.1) is 0 Å². The lowest BCUT2D eigenvalue weighted by molar-refractivity contribution is -0.202. The highest BCUT2D eigenvalue weighted by atomic mass is 35.5. The molecular formula is C9H5ClF4. The highest BCUT2D eigenvalue weighted by Gasteiger charge is 2.63. The van der Waals surface area contributed by atoms with Crippen molar-refractivity contribution < 1.29 is 17.6 Å². The summed E-state index contributed by atoms with van der Waals surface area (Å²) in [6.07, 6.45) is -0.949. The molecule has 0 aliphatic heterocycles. The lowest BCUT2D eigenvalue weighted by Crippen LogP contribution is -2.33. The Hall–Kier alpha value is -0.770. The summed E-state index contributed by atoms with van der Waals surface area (Å²) < 4.78 is 52.1. The van der Waals surface area contributed by atoms with Crippen LogP contribution in [0.2, 0.25) is 5.02 Å². The van der Waals surface area contributed by atoms with Gasteiger partial charge < -0.3 is 0 Å². The second kappa shape index (κ2) is 2.63. The molecule has 1 aliphatic carbocycles. The molecule has 0 radical (unpaired) electrons. The molecule has 1 aliphatic rings. The molecule has 0 nitrogen and oxygen atoms in total. The zero-order chi connectivity index (χ0) is 10.6. The second-order valence-corrected chi connectivity index (χ2v) is 3.64. The lowest BCUT2D eigenvalue weighted by atomic mass is 10.1. The lowest BCUT2D eigenvalue weighted by Gasteiger charge is -2.19. The first kappa shape index (κ1) is 9.77. The van der Waals surface area contributed by atoms with Crippen molar-refractivity contribution in [2.24, 2.45) is 0 Å². The van der Waals surface area contributed by atoms with Crippen molar-refractivity contribution in [2.45, 2.75) is 18.3 Å². The Bertz CT molecular complexity index is 386. The van der Waals surface area contributed by atoms with Crippen LogP contribution in [0, 0.1) is 0 Å². The minimum Gasteiger partial charge on any atom is -0.199 e. The number of fused-ring (bicyclic) bond motifs is 1. The van der Waals surface area contributed by atoms with E-state index in [0.717, 1.165) is 0 Å². The van der Waals surface area contributed by atoms with Crippen LogP contribution in [0.1, 0.15) is 11.1 Å². The van der Waals surface area contributed by atoms with Crippen molar-refractivity contribution in [3.05, 3.63) is 34.3 Å². The van der Waals surface area contributed by atoms with Crippen LogP contribution < -0.4 is 0 Å². The van der Waals surface area contributed by atoms with E-state index in [-0.39, 0.29) is 10.6 Å². The third kappa shape index (κ3) is 1.06. The molecule has 0 amide bonds. The summed E-state index contributed by atoms with van der Waals surface area (Å²) in [6.45, 7) is 0. The SMILES string of the molecule is FC1(F)Cc2cccc(Cl)c2C1(F)F. The van der Waals surface area contributed by atoms with E-state index in [1.807, 2.05) is 0 Å². The Balaban J connectivity index is 2.68. The number of benzene rings is 1. The molecule has 1 aromatic rings. The Morgan fingerprint density at radius 3 is 2.36 bits per heavy atom. The van der Waals surface area contributed by atoms with Gasteiger partial charge in [0.1, 0.15) is 0 Å². The molecule has 0 N–H and O–H groups in total. The Morgan fingerprint density at radius 2 is 1.79 bits per heavy atom. The highest BCUT2D eigenvalue weighted by molar-refractivity contribution is 6.31. The van der Waals surface area contributed by atoms with Crippen molar-refractivity contribution in [3.8, 4) is 0 Å². The van der Waals surface area contributed by atoms with Gasteiger partial charge in [-0.2, -0.15) is 17.6 Å². The van der Waals surface area contributed by atoms with Gasteiger partial charge in [-0.1, -0.05) is 23.7 Å². The summed E-state index contributed by atoms with van der Waals surface area (Å²) in [4.78, 5) is 0. The molecule has 0 spiro atoms. The fourth-order valence-electron chi connectivity index (χ4n) is 1.60. The molecule has 5 heteroatoms. The molecule has 0 fully saturated rings. The monoisotopic (exact) mass is 224 g/mol. The maximum absolute atomic E-state index is 13.1. The van der Waals surface area contributed by atoms with Crippen LogP contribution in [0.25, 0.3) is 0 Å². The van der Waals surface area contributed by atoms with Crippen molar-refractivity contribution >= 4 is 11.6 Å². The van der Waals surface area contributed by atoms with Gasteiger partial charge in [0.15, 0.2) is 0 Å². The highest BCUT2D eigenvalue weighted by Crippen LogP contribution is 2.53. The fraction of sp³-hybridized carbons (Fsp3) is 0.333. The summed E-state index contributed by atoms with van der Waals surface area (Å²) in [5.41, 5.74) is -0.806. The Labute approximate surface area is 82.5 Å². The summed E-state index contributed by atoms with van der Waals surface area (Å²) in [7, 11) is 0. The predicted octanol–water partition coefficient (Wildman–Crippen LogP) is 3.62. The van der Waals surface area contributed by atoms with Gasteiger partial charge in [-0.05, 0) is 11.6 Å². The van der Waals surface area contributed by atoms with Crippen LogP contribution in [0.3, 0.4) is 0 Å². The predicted molar refractivity (Wildman–Crippen MR) is 44.0 cm³/mol. The van der Waals surface area contributed by atoms with Crippen LogP contribution in [0.15, 0.2) is 18.2 Å². The van der Waals surface area contributed by atoms with E-state index in [1.165, 1.54) is 18.2 Å². The molecular weight excluding hydrogens is 220 g/mol. The van der Waals surface area contributed by atoms with Crippen molar-refractivity contribution in [2.75, 3.05) is 0 Å². The van der Waals surface area contributed by atoms with E-state index >= 15 is 0 Å². The number of halogens is 5. The summed E-state index contributed by atoms with van der Waals surface area (Å²) in [5.74, 6) is -8.18. The van der Waals surface area contributed by atoms with Crippen molar-refractivity contribution in [1.82, 2.24) is 0 Å². The van der Waals surface area contributed by atoms with Crippen LogP contribution in [-0.2, 0) is 12.3 Å². The summed E-state index contributed by atoms with van der Waals surface area (Å²) in [6, 6.07) is 3.82. The van der Waals surface area contributed by atoms with E-state index in [9.17, 15) is 17.6 Å². The molecule has 76 valence electrons. The van der Waals surface area contributed by atoms with E-state index in [1.54, 1.807) is 0 Å². The fourth-order valence-corrected chi connectivity index (χ4v) is 1.91. The van der Waals surface area contributed by atoms with Gasteiger partial charge in [0.25, 0.3) is 0 Å². The topological polar surface area (TPSA) is 0 Å². The van der Waals surface area contributed by atoms with Crippen LogP contribution in [0.5, 0.6) is 0 Å². The van der Waals surface area contributed by atoms with Crippen LogP contribution in [-0.4, -0.2) is 5.92 Å². The van der Waals surface area contributed by atoms with Crippen LogP contribution >= 0.6 is 11.6 Å². The third-order valence-electron chi connectivity index (χ3n) is 2.29. The maximum Gasteiger partial charge on any atom is 0.337 e. The van der Waals surface area contributed by atoms with Gasteiger partial charge in [0.05, 0.1) is 5.02 Å². The van der Waals surface area contributed by atoms with E-state index < -0.39 is 23.8 Å². The molecule has 0 bridgehead atoms. The van der Waals surface area contributed by atoms with Crippen LogP contribution in [0.4, 0.5) is 17.6 Å². The summed E-state index contributed by atoms with van der Waals surface area (Å²) in [5, 5.41) is -0.301. The average molecular weight is 225 g/mol. The van der Waals surface area contributed by atoms with E-state index in [4.69, 9.17) is 11.6 Å². The minimum atomic E-state index is -4.15. The van der Waals surface area contributed by atoms with Gasteiger partial charge in [-0.3, -0.25) is 0 Å². The van der Waals surface area contributed by atoms with E-state index in [0.29, 0.717) is 0 Å². The first-order valence-electron chi connectivity index (χ1n) is 3.90. The molecule has 0 heterocycles. The number of rotatable bonds is 0. The molecule has 0 saturated carbocycles. The second-order valence-electron chi connectivity index (χ2n) is 3.23. The number of hydrogen-bond acceptors (Lipinski definition) is 0. The maximum atomic E-state index is 13.1. The standard InChI is InChI=1S/C9H5ClF4/c10-6-3-1-2-5-4-8(11,12)9(13,14)7(5)6/h1-3H,4H2. The molecule has 14 heavy (non-hydrogen) atoms. The smallest absolute Gasteiger partial charge is 0.199 e. The normalized spacial score (nSPS) is 22.1. The molecule has 0 unspecified atom stereocenters. The molecule has 0 aromatic heterocycles. The summed E-state index contributed by atoms with van der Waals surface area (Å²) >= 11 is 5.47. The molecule has 0 atom stereocenters. The Morgan fingerprint density at radius 1 is 1.14 bits per heavy atom. The van der Waals surface area contributed by atoms with Gasteiger partial charge in [-0.25, -0.2) is 0 Å². The van der Waals surface area contributed by atoms with Gasteiger partial charge >= 0.3 is 11.8 Å². The first-order chi connectivity index (χ1) is 6.36. The molecule has 1 aromatic carbocycles.